The van der Waals surface area contributed by atoms with Crippen molar-refractivity contribution in [3.63, 3.8) is 0 Å². The summed E-state index contributed by atoms with van der Waals surface area (Å²) in [4.78, 5) is 10.9. The number of carbonyl (C=O) groups excluding carboxylic acids is 1. The Hall–Kier alpha value is -0.780. The Morgan fingerprint density at radius 3 is 2.45 bits per heavy atom. The summed E-state index contributed by atoms with van der Waals surface area (Å²) in [5.41, 5.74) is -0.843. The standard InChI is InChI=1S/C14H19ClFNO2S/c1-13(2,3)20(19)17-14(4,8-9-18)10-6-5-7-11(15)12(10)16/h5-7,9,17H,8H2,1-4H3/t14-,20+/m0/s1. The van der Waals surface area contributed by atoms with Gasteiger partial charge in [-0.1, -0.05) is 23.7 Å². The molecule has 0 spiro atoms. The molecule has 20 heavy (non-hydrogen) atoms. The van der Waals surface area contributed by atoms with Gasteiger partial charge in [-0.25, -0.2) is 13.3 Å². The molecule has 0 radical (unpaired) electrons. The fourth-order valence-electron chi connectivity index (χ4n) is 1.66. The molecule has 0 aliphatic carbocycles. The van der Waals surface area contributed by atoms with Crippen molar-refractivity contribution in [3.8, 4) is 0 Å². The molecule has 0 bridgehead atoms. The fraction of sp³-hybridized carbons (Fsp3) is 0.500. The average Bonchev–Trinajstić information content (AvgIpc) is 2.31. The van der Waals surface area contributed by atoms with E-state index in [0.717, 1.165) is 0 Å². The number of halogens is 2. The van der Waals surface area contributed by atoms with Crippen molar-refractivity contribution in [1.82, 2.24) is 4.72 Å². The van der Waals surface area contributed by atoms with E-state index in [1.54, 1.807) is 33.8 Å². The van der Waals surface area contributed by atoms with Crippen molar-refractivity contribution < 1.29 is 13.4 Å². The predicted octanol–water partition coefficient (Wildman–Crippen LogP) is 3.34. The molecule has 0 saturated heterocycles. The van der Waals surface area contributed by atoms with Gasteiger partial charge in [-0.3, -0.25) is 0 Å². The van der Waals surface area contributed by atoms with E-state index in [1.807, 2.05) is 0 Å². The van der Waals surface area contributed by atoms with E-state index >= 15 is 0 Å². The molecule has 0 amide bonds. The van der Waals surface area contributed by atoms with Crippen LogP contribution in [0.1, 0.15) is 39.7 Å². The first-order valence-corrected chi connectivity index (χ1v) is 7.72. The van der Waals surface area contributed by atoms with E-state index in [9.17, 15) is 13.4 Å². The van der Waals surface area contributed by atoms with Crippen LogP contribution in [-0.2, 0) is 21.3 Å². The van der Waals surface area contributed by atoms with E-state index in [0.29, 0.717) is 6.29 Å². The third-order valence-electron chi connectivity index (χ3n) is 2.91. The van der Waals surface area contributed by atoms with Crippen LogP contribution in [0.3, 0.4) is 0 Å². The number of rotatable bonds is 5. The third-order valence-corrected chi connectivity index (χ3v) is 4.95. The largest absolute Gasteiger partial charge is 0.303 e. The molecule has 1 aromatic rings. The van der Waals surface area contributed by atoms with Gasteiger partial charge in [0, 0.05) is 12.0 Å². The lowest BCUT2D eigenvalue weighted by Crippen LogP contribution is -2.47. The highest BCUT2D eigenvalue weighted by molar-refractivity contribution is 7.84. The van der Waals surface area contributed by atoms with Crippen LogP contribution >= 0.6 is 11.6 Å². The Morgan fingerprint density at radius 1 is 1.35 bits per heavy atom. The molecular formula is C14H19ClFNO2S. The van der Waals surface area contributed by atoms with Gasteiger partial charge in [0.2, 0.25) is 0 Å². The van der Waals surface area contributed by atoms with Crippen LogP contribution in [0.2, 0.25) is 5.02 Å². The maximum Gasteiger partial charge on any atom is 0.146 e. The molecule has 0 unspecified atom stereocenters. The van der Waals surface area contributed by atoms with Crippen LogP contribution in [-0.4, -0.2) is 15.2 Å². The molecule has 1 aromatic carbocycles. The minimum atomic E-state index is -1.44. The number of benzene rings is 1. The topological polar surface area (TPSA) is 46.2 Å². The van der Waals surface area contributed by atoms with Crippen molar-refractivity contribution in [1.29, 1.82) is 0 Å². The molecule has 112 valence electrons. The number of hydrogen-bond acceptors (Lipinski definition) is 2. The molecule has 6 heteroatoms. The molecule has 0 aliphatic rings. The molecular weight excluding hydrogens is 301 g/mol. The van der Waals surface area contributed by atoms with E-state index < -0.39 is 27.1 Å². The van der Waals surface area contributed by atoms with Gasteiger partial charge in [-0.15, -0.1) is 0 Å². The SMILES string of the molecule is CC(C)(C)[S@@](=O)N[C@@](C)(CC=O)c1cccc(Cl)c1F. The van der Waals surface area contributed by atoms with E-state index in [2.05, 4.69) is 4.72 Å². The fourth-order valence-corrected chi connectivity index (χ4v) is 2.74. The van der Waals surface area contributed by atoms with Crippen molar-refractivity contribution in [3.05, 3.63) is 34.6 Å². The van der Waals surface area contributed by atoms with Gasteiger partial charge in [-0.05, 0) is 33.8 Å². The number of aldehydes is 1. The Bertz CT molecular complexity index is 530. The number of carbonyl (C=O) groups is 1. The molecule has 1 N–H and O–H groups in total. The first-order valence-electron chi connectivity index (χ1n) is 6.19. The first-order chi connectivity index (χ1) is 9.12. The van der Waals surface area contributed by atoms with E-state index in [1.165, 1.54) is 12.1 Å². The maximum atomic E-state index is 14.2. The lowest BCUT2D eigenvalue weighted by atomic mass is 9.90. The summed E-state index contributed by atoms with van der Waals surface area (Å²) in [5.74, 6) is -0.600. The smallest absolute Gasteiger partial charge is 0.146 e. The lowest BCUT2D eigenvalue weighted by molar-refractivity contribution is -0.108. The van der Waals surface area contributed by atoms with Crippen LogP contribution < -0.4 is 4.72 Å². The van der Waals surface area contributed by atoms with Crippen molar-refractivity contribution in [2.75, 3.05) is 0 Å². The van der Waals surface area contributed by atoms with Gasteiger partial charge in [-0.2, -0.15) is 0 Å². The van der Waals surface area contributed by atoms with Gasteiger partial charge in [0.05, 0.1) is 26.3 Å². The van der Waals surface area contributed by atoms with Crippen LogP contribution in [0.25, 0.3) is 0 Å². The number of hydrogen-bond donors (Lipinski definition) is 1. The lowest BCUT2D eigenvalue weighted by Gasteiger charge is -2.32. The Kier molecular flexibility index (Phi) is 5.46. The molecule has 0 aliphatic heterocycles. The van der Waals surface area contributed by atoms with Gasteiger partial charge in [0.1, 0.15) is 12.1 Å². The minimum Gasteiger partial charge on any atom is -0.303 e. The summed E-state index contributed by atoms with van der Waals surface area (Å²) >= 11 is 5.78. The van der Waals surface area contributed by atoms with Crippen LogP contribution in [0.5, 0.6) is 0 Å². The predicted molar refractivity (Wildman–Crippen MR) is 80.5 cm³/mol. The van der Waals surface area contributed by atoms with Crippen molar-refractivity contribution >= 4 is 28.9 Å². The monoisotopic (exact) mass is 319 g/mol. The van der Waals surface area contributed by atoms with Crippen LogP contribution in [0, 0.1) is 5.82 Å². The molecule has 0 fully saturated rings. The molecule has 0 aromatic heterocycles. The summed E-state index contributed by atoms with van der Waals surface area (Å²) in [6, 6.07) is 4.57. The third kappa shape index (κ3) is 3.87. The summed E-state index contributed by atoms with van der Waals surface area (Å²) < 4.78 is 28.8. The second-order valence-corrected chi connectivity index (χ2v) is 8.16. The van der Waals surface area contributed by atoms with Gasteiger partial charge < -0.3 is 4.79 Å². The van der Waals surface area contributed by atoms with Crippen molar-refractivity contribution in [2.45, 2.75) is 44.4 Å². The van der Waals surface area contributed by atoms with Crippen molar-refractivity contribution in [2.24, 2.45) is 0 Å². The van der Waals surface area contributed by atoms with E-state index in [-0.39, 0.29) is 17.0 Å². The minimum absolute atomic E-state index is 0.00785. The second-order valence-electron chi connectivity index (χ2n) is 5.79. The van der Waals surface area contributed by atoms with Gasteiger partial charge in [0.15, 0.2) is 0 Å². The van der Waals surface area contributed by atoms with Gasteiger partial charge >= 0.3 is 0 Å². The number of nitrogens with one attached hydrogen (secondary N) is 1. The first kappa shape index (κ1) is 17.3. The second kappa shape index (κ2) is 6.33. The highest BCUT2D eigenvalue weighted by Crippen LogP contribution is 2.31. The summed E-state index contributed by atoms with van der Waals surface area (Å²) in [6.45, 7) is 7.03. The summed E-state index contributed by atoms with van der Waals surface area (Å²) in [7, 11) is -1.44. The Balaban J connectivity index is 3.24. The Morgan fingerprint density at radius 2 is 1.95 bits per heavy atom. The van der Waals surface area contributed by atoms with Crippen LogP contribution in [0.15, 0.2) is 18.2 Å². The quantitative estimate of drug-likeness (QED) is 0.846. The van der Waals surface area contributed by atoms with Gasteiger partial charge in [0.25, 0.3) is 0 Å². The molecule has 3 nitrogen and oxygen atoms in total. The normalized spacial score (nSPS) is 16.5. The zero-order chi connectivity index (χ0) is 15.6. The highest BCUT2D eigenvalue weighted by atomic mass is 35.5. The zero-order valence-corrected chi connectivity index (χ0v) is 13.6. The molecule has 1 rings (SSSR count). The summed E-state index contributed by atoms with van der Waals surface area (Å²) in [5, 5.41) is -0.0250. The highest BCUT2D eigenvalue weighted by Gasteiger charge is 2.34. The zero-order valence-electron chi connectivity index (χ0n) is 12.0. The van der Waals surface area contributed by atoms with E-state index in [4.69, 9.17) is 11.6 Å². The maximum absolute atomic E-state index is 14.2. The molecule has 0 heterocycles. The van der Waals surface area contributed by atoms with Crippen LogP contribution in [0.4, 0.5) is 4.39 Å². The molecule has 2 atom stereocenters. The molecule has 0 saturated carbocycles. The summed E-state index contributed by atoms with van der Waals surface area (Å²) in [6.07, 6.45) is 0.666. The Labute approximate surface area is 126 Å². The average molecular weight is 320 g/mol.